The van der Waals surface area contributed by atoms with Crippen LogP contribution in [0.5, 0.6) is 23.0 Å². The third kappa shape index (κ3) is 5.92. The average molecular weight is 446 g/mol. The third-order valence-corrected chi connectivity index (χ3v) is 5.57. The molecule has 1 heterocycles. The Hall–Kier alpha value is -2.71. The fourth-order valence-electron chi connectivity index (χ4n) is 3.60. The van der Waals surface area contributed by atoms with Crippen LogP contribution >= 0.6 is 12.2 Å². The standard InChI is InChI=1S/C23H31N3O4S/c1-5-30-19-8-6-18(7-9-19)24-23(31)26-12-10-25(11-13-26)16-17-14-20(27-2)22(29-4)21(15-17)28-3/h6-9,14-15H,5,10-13,16H2,1-4H3,(H,24,31). The normalized spacial score (nSPS) is 14.1. The van der Waals surface area contributed by atoms with Crippen LogP contribution in [-0.4, -0.2) is 69.0 Å². The van der Waals surface area contributed by atoms with Gasteiger partial charge in [-0.05, 0) is 61.1 Å². The van der Waals surface area contributed by atoms with Gasteiger partial charge in [-0.1, -0.05) is 0 Å². The molecule has 0 spiro atoms. The van der Waals surface area contributed by atoms with Crippen molar-refractivity contribution in [3.05, 3.63) is 42.0 Å². The highest BCUT2D eigenvalue weighted by molar-refractivity contribution is 7.80. The zero-order chi connectivity index (χ0) is 22.2. The van der Waals surface area contributed by atoms with E-state index in [-0.39, 0.29) is 0 Å². The van der Waals surface area contributed by atoms with Crippen LogP contribution in [-0.2, 0) is 6.54 Å². The SMILES string of the molecule is CCOc1ccc(NC(=S)N2CCN(Cc3cc(OC)c(OC)c(OC)c3)CC2)cc1. The zero-order valence-corrected chi connectivity index (χ0v) is 19.5. The summed E-state index contributed by atoms with van der Waals surface area (Å²) in [5.41, 5.74) is 2.09. The van der Waals surface area contributed by atoms with Gasteiger partial charge in [-0.25, -0.2) is 0 Å². The van der Waals surface area contributed by atoms with Crippen LogP contribution in [0.1, 0.15) is 12.5 Å². The number of anilines is 1. The van der Waals surface area contributed by atoms with E-state index >= 15 is 0 Å². The number of piperazine rings is 1. The van der Waals surface area contributed by atoms with E-state index in [0.717, 1.165) is 54.8 Å². The van der Waals surface area contributed by atoms with Crippen molar-refractivity contribution in [3.63, 3.8) is 0 Å². The number of thiocarbonyl (C=S) groups is 1. The molecule has 1 N–H and O–H groups in total. The lowest BCUT2D eigenvalue weighted by atomic mass is 10.1. The van der Waals surface area contributed by atoms with Crippen molar-refractivity contribution in [3.8, 4) is 23.0 Å². The van der Waals surface area contributed by atoms with E-state index in [1.54, 1.807) is 21.3 Å². The van der Waals surface area contributed by atoms with Gasteiger partial charge in [-0.15, -0.1) is 0 Å². The molecule has 0 aromatic heterocycles. The van der Waals surface area contributed by atoms with Crippen LogP contribution in [0.4, 0.5) is 5.69 Å². The Morgan fingerprint density at radius 1 is 0.935 bits per heavy atom. The van der Waals surface area contributed by atoms with Crippen molar-refractivity contribution in [2.75, 3.05) is 59.4 Å². The van der Waals surface area contributed by atoms with E-state index in [9.17, 15) is 0 Å². The van der Waals surface area contributed by atoms with Gasteiger partial charge >= 0.3 is 0 Å². The summed E-state index contributed by atoms with van der Waals surface area (Å²) in [7, 11) is 4.89. The van der Waals surface area contributed by atoms with Crippen molar-refractivity contribution < 1.29 is 18.9 Å². The molecule has 0 saturated carbocycles. The molecule has 1 fully saturated rings. The van der Waals surface area contributed by atoms with Gasteiger partial charge in [0.2, 0.25) is 5.75 Å². The molecule has 3 rings (SSSR count). The first-order valence-corrected chi connectivity index (χ1v) is 10.8. The van der Waals surface area contributed by atoms with Gasteiger partial charge in [0.15, 0.2) is 16.6 Å². The summed E-state index contributed by atoms with van der Waals surface area (Å²) in [4.78, 5) is 4.61. The van der Waals surface area contributed by atoms with E-state index in [1.807, 2.05) is 43.3 Å². The fourth-order valence-corrected chi connectivity index (χ4v) is 3.90. The Bertz CT molecular complexity index is 843. The number of nitrogens with one attached hydrogen (secondary N) is 1. The van der Waals surface area contributed by atoms with Crippen molar-refractivity contribution >= 4 is 23.0 Å². The average Bonchev–Trinajstić information content (AvgIpc) is 2.80. The van der Waals surface area contributed by atoms with Crippen LogP contribution < -0.4 is 24.3 Å². The molecule has 168 valence electrons. The summed E-state index contributed by atoms with van der Waals surface area (Å²) >= 11 is 5.62. The molecular formula is C23H31N3O4S. The highest BCUT2D eigenvalue weighted by atomic mass is 32.1. The molecule has 1 aliphatic rings. The molecule has 31 heavy (non-hydrogen) atoms. The number of benzene rings is 2. The summed E-state index contributed by atoms with van der Waals surface area (Å²) < 4.78 is 21.8. The molecule has 1 saturated heterocycles. The van der Waals surface area contributed by atoms with Gasteiger partial charge in [-0.3, -0.25) is 4.90 Å². The maximum Gasteiger partial charge on any atom is 0.203 e. The van der Waals surface area contributed by atoms with Gasteiger partial charge < -0.3 is 29.2 Å². The number of nitrogens with zero attached hydrogens (tertiary/aromatic N) is 2. The number of ether oxygens (including phenoxy) is 4. The molecule has 0 atom stereocenters. The molecule has 8 heteroatoms. The lowest BCUT2D eigenvalue weighted by molar-refractivity contribution is 0.176. The lowest BCUT2D eigenvalue weighted by Gasteiger charge is -2.36. The fraction of sp³-hybridized carbons (Fsp3) is 0.435. The van der Waals surface area contributed by atoms with E-state index in [4.69, 9.17) is 31.2 Å². The molecule has 2 aromatic rings. The number of hydrogen-bond donors (Lipinski definition) is 1. The van der Waals surface area contributed by atoms with Gasteiger partial charge in [-0.2, -0.15) is 0 Å². The van der Waals surface area contributed by atoms with Crippen LogP contribution in [0.3, 0.4) is 0 Å². The largest absolute Gasteiger partial charge is 0.494 e. The van der Waals surface area contributed by atoms with Gasteiger partial charge in [0.05, 0.1) is 27.9 Å². The van der Waals surface area contributed by atoms with Crippen molar-refractivity contribution in [2.24, 2.45) is 0 Å². The zero-order valence-electron chi connectivity index (χ0n) is 18.6. The predicted octanol–water partition coefficient (Wildman–Crippen LogP) is 3.63. The minimum absolute atomic E-state index is 0.615. The highest BCUT2D eigenvalue weighted by Gasteiger charge is 2.21. The number of rotatable bonds is 8. The Morgan fingerprint density at radius 2 is 1.55 bits per heavy atom. The van der Waals surface area contributed by atoms with E-state index in [2.05, 4.69) is 15.1 Å². The Labute approximate surface area is 189 Å². The summed E-state index contributed by atoms with van der Waals surface area (Å²) in [6.45, 7) is 7.02. The van der Waals surface area contributed by atoms with E-state index in [0.29, 0.717) is 23.9 Å². The molecule has 0 bridgehead atoms. The monoisotopic (exact) mass is 445 g/mol. The maximum absolute atomic E-state index is 5.62. The first-order chi connectivity index (χ1) is 15.1. The molecule has 2 aromatic carbocycles. The second kappa shape index (κ2) is 11.1. The molecule has 0 radical (unpaired) electrons. The minimum Gasteiger partial charge on any atom is -0.494 e. The number of methoxy groups -OCH3 is 3. The topological polar surface area (TPSA) is 55.4 Å². The van der Waals surface area contributed by atoms with Crippen LogP contribution in [0, 0.1) is 0 Å². The van der Waals surface area contributed by atoms with Gasteiger partial charge in [0.25, 0.3) is 0 Å². The first kappa shape index (κ1) is 23.0. The predicted molar refractivity (Wildman–Crippen MR) is 127 cm³/mol. The second-order valence-corrected chi connectivity index (χ2v) is 7.57. The molecule has 1 aliphatic heterocycles. The van der Waals surface area contributed by atoms with E-state index in [1.165, 1.54) is 0 Å². The number of hydrogen-bond acceptors (Lipinski definition) is 6. The van der Waals surface area contributed by atoms with Crippen molar-refractivity contribution in [1.29, 1.82) is 0 Å². The maximum atomic E-state index is 5.62. The molecule has 7 nitrogen and oxygen atoms in total. The Kier molecular flexibility index (Phi) is 8.20. The molecule has 0 amide bonds. The first-order valence-electron chi connectivity index (χ1n) is 10.4. The Morgan fingerprint density at radius 3 is 2.06 bits per heavy atom. The van der Waals surface area contributed by atoms with Gasteiger partial charge in [0, 0.05) is 38.4 Å². The smallest absolute Gasteiger partial charge is 0.203 e. The van der Waals surface area contributed by atoms with Crippen LogP contribution in [0.15, 0.2) is 36.4 Å². The summed E-state index contributed by atoms with van der Waals surface area (Å²) in [5.74, 6) is 2.83. The lowest BCUT2D eigenvalue weighted by Crippen LogP contribution is -2.49. The minimum atomic E-state index is 0.615. The van der Waals surface area contributed by atoms with Crippen molar-refractivity contribution in [1.82, 2.24) is 9.80 Å². The third-order valence-electron chi connectivity index (χ3n) is 5.21. The highest BCUT2D eigenvalue weighted by Crippen LogP contribution is 2.38. The van der Waals surface area contributed by atoms with Crippen molar-refractivity contribution in [2.45, 2.75) is 13.5 Å². The van der Waals surface area contributed by atoms with Crippen LogP contribution in [0.2, 0.25) is 0 Å². The summed E-state index contributed by atoms with van der Waals surface area (Å²) in [6.07, 6.45) is 0. The molecular weight excluding hydrogens is 414 g/mol. The summed E-state index contributed by atoms with van der Waals surface area (Å²) in [6, 6.07) is 11.9. The summed E-state index contributed by atoms with van der Waals surface area (Å²) in [5, 5.41) is 4.07. The quantitative estimate of drug-likeness (QED) is 0.619. The van der Waals surface area contributed by atoms with Crippen LogP contribution in [0.25, 0.3) is 0 Å². The second-order valence-electron chi connectivity index (χ2n) is 7.18. The molecule has 0 unspecified atom stereocenters. The van der Waals surface area contributed by atoms with Gasteiger partial charge in [0.1, 0.15) is 5.75 Å². The Balaban J connectivity index is 1.54. The van der Waals surface area contributed by atoms with E-state index < -0.39 is 0 Å². The molecule has 0 aliphatic carbocycles.